The Bertz CT molecular complexity index is 489. The van der Waals surface area contributed by atoms with Crippen molar-refractivity contribution in [1.29, 1.82) is 0 Å². The lowest BCUT2D eigenvalue weighted by Gasteiger charge is -2.00. The summed E-state index contributed by atoms with van der Waals surface area (Å²) in [5.74, 6) is 0.764. The summed E-state index contributed by atoms with van der Waals surface area (Å²) in [6, 6.07) is 4.56. The van der Waals surface area contributed by atoms with Gasteiger partial charge in [-0.1, -0.05) is 0 Å². The van der Waals surface area contributed by atoms with Gasteiger partial charge in [0.15, 0.2) is 5.82 Å². The minimum absolute atomic E-state index is 0.764. The predicted octanol–water partition coefficient (Wildman–Crippen LogP) is 1.35. The molecule has 0 amide bonds. The van der Waals surface area contributed by atoms with Gasteiger partial charge in [-0.15, -0.1) is 5.10 Å². The average Bonchev–Trinajstić information content (AvgIpc) is 3.12. The lowest BCUT2D eigenvalue weighted by Crippen LogP contribution is -2.17. The summed E-state index contributed by atoms with van der Waals surface area (Å²) >= 11 is 0. The van der Waals surface area contributed by atoms with E-state index in [0.29, 0.717) is 0 Å². The Balaban J connectivity index is 1.52. The van der Waals surface area contributed by atoms with Gasteiger partial charge in [-0.2, -0.15) is 10.2 Å². The molecule has 1 fully saturated rings. The van der Waals surface area contributed by atoms with Gasteiger partial charge in [0, 0.05) is 18.4 Å². The molecule has 94 valence electrons. The Morgan fingerprint density at radius 2 is 2.33 bits per heavy atom. The molecule has 1 saturated carbocycles. The van der Waals surface area contributed by atoms with E-state index < -0.39 is 0 Å². The van der Waals surface area contributed by atoms with E-state index in [2.05, 4.69) is 20.6 Å². The molecule has 1 N–H and O–H groups in total. The van der Waals surface area contributed by atoms with Gasteiger partial charge in [0.05, 0.1) is 6.20 Å². The highest BCUT2D eigenvalue weighted by Gasteiger charge is 2.19. The number of nitrogens with zero attached hydrogens (tertiary/aromatic N) is 4. The topological polar surface area (TPSA) is 55.6 Å². The molecule has 1 aliphatic rings. The van der Waals surface area contributed by atoms with E-state index in [0.717, 1.165) is 31.2 Å². The summed E-state index contributed by atoms with van der Waals surface area (Å²) < 4.78 is 1.77. The standard InChI is InChI=1S/C13H17N5/c1(7-14-12-5-6-12)3-11-9-16-18(10-11)13-4-2-8-15-17-13/h2,4,8-10,12,14H,1,3,5-7H2. The van der Waals surface area contributed by atoms with E-state index in [1.54, 1.807) is 10.9 Å². The van der Waals surface area contributed by atoms with Crippen LogP contribution >= 0.6 is 0 Å². The van der Waals surface area contributed by atoms with Crippen molar-refractivity contribution < 1.29 is 0 Å². The molecule has 18 heavy (non-hydrogen) atoms. The van der Waals surface area contributed by atoms with Crippen LogP contribution in [-0.2, 0) is 6.42 Å². The van der Waals surface area contributed by atoms with Crippen molar-refractivity contribution in [2.24, 2.45) is 0 Å². The highest BCUT2D eigenvalue weighted by atomic mass is 15.3. The van der Waals surface area contributed by atoms with E-state index in [9.17, 15) is 0 Å². The van der Waals surface area contributed by atoms with Crippen molar-refractivity contribution in [1.82, 2.24) is 25.3 Å². The summed E-state index contributed by atoms with van der Waals surface area (Å²) in [5.41, 5.74) is 1.25. The van der Waals surface area contributed by atoms with Gasteiger partial charge in [-0.3, -0.25) is 0 Å². The number of aromatic nitrogens is 4. The zero-order valence-electron chi connectivity index (χ0n) is 10.3. The normalized spacial score (nSPS) is 14.9. The lowest BCUT2D eigenvalue weighted by atomic mass is 10.2. The van der Waals surface area contributed by atoms with E-state index in [-0.39, 0.29) is 0 Å². The highest BCUT2D eigenvalue weighted by Crippen LogP contribution is 2.18. The van der Waals surface area contributed by atoms with Crippen molar-refractivity contribution in [3.05, 3.63) is 36.3 Å². The van der Waals surface area contributed by atoms with E-state index in [4.69, 9.17) is 0 Å². The first kappa shape index (κ1) is 11.3. The van der Waals surface area contributed by atoms with Gasteiger partial charge in [0.1, 0.15) is 0 Å². The predicted molar refractivity (Wildman–Crippen MR) is 68.5 cm³/mol. The summed E-state index contributed by atoms with van der Waals surface area (Å²) in [4.78, 5) is 0. The van der Waals surface area contributed by atoms with Crippen LogP contribution in [0.1, 0.15) is 24.8 Å². The molecule has 0 bridgehead atoms. The summed E-state index contributed by atoms with van der Waals surface area (Å²) in [7, 11) is 0. The fraction of sp³-hybridized carbons (Fsp3) is 0.462. The van der Waals surface area contributed by atoms with Crippen molar-refractivity contribution in [2.75, 3.05) is 6.54 Å². The van der Waals surface area contributed by atoms with Gasteiger partial charge in [-0.05, 0) is 49.9 Å². The second-order valence-corrected chi connectivity index (χ2v) is 4.71. The van der Waals surface area contributed by atoms with Crippen molar-refractivity contribution >= 4 is 0 Å². The molecule has 2 heterocycles. The SMILES string of the molecule is c1cnnc(-n2cc(CCCNC3CC3)cn2)c1. The Hall–Kier alpha value is -1.75. The van der Waals surface area contributed by atoms with Crippen LogP contribution < -0.4 is 5.32 Å². The molecule has 3 rings (SSSR count). The van der Waals surface area contributed by atoms with Gasteiger partial charge < -0.3 is 5.32 Å². The molecule has 0 spiro atoms. The highest BCUT2D eigenvalue weighted by molar-refractivity contribution is 5.20. The number of hydrogen-bond donors (Lipinski definition) is 1. The molecule has 0 atom stereocenters. The zero-order chi connectivity index (χ0) is 12.2. The summed E-state index contributed by atoms with van der Waals surface area (Å²) in [6.07, 6.45) is 10.5. The Morgan fingerprint density at radius 3 is 3.11 bits per heavy atom. The molecule has 0 aliphatic heterocycles. The van der Waals surface area contributed by atoms with Crippen LogP contribution in [-0.4, -0.2) is 32.6 Å². The van der Waals surface area contributed by atoms with Crippen molar-refractivity contribution in [3.63, 3.8) is 0 Å². The van der Waals surface area contributed by atoms with Gasteiger partial charge in [-0.25, -0.2) is 4.68 Å². The van der Waals surface area contributed by atoms with Crippen molar-refractivity contribution in [3.8, 4) is 5.82 Å². The van der Waals surface area contributed by atoms with Crippen LogP contribution in [0, 0.1) is 0 Å². The average molecular weight is 243 g/mol. The quantitative estimate of drug-likeness (QED) is 0.778. The number of aryl methyl sites for hydroxylation is 1. The fourth-order valence-electron chi connectivity index (χ4n) is 1.92. The van der Waals surface area contributed by atoms with Crippen molar-refractivity contribution in [2.45, 2.75) is 31.7 Å². The molecule has 2 aromatic heterocycles. The fourth-order valence-corrected chi connectivity index (χ4v) is 1.92. The zero-order valence-corrected chi connectivity index (χ0v) is 10.3. The minimum atomic E-state index is 0.764. The second kappa shape index (κ2) is 5.27. The second-order valence-electron chi connectivity index (χ2n) is 4.71. The maximum absolute atomic E-state index is 4.31. The number of nitrogens with one attached hydrogen (secondary N) is 1. The van der Waals surface area contributed by atoms with E-state index in [1.807, 2.05) is 24.5 Å². The summed E-state index contributed by atoms with van der Waals surface area (Å²) in [5, 5.41) is 15.7. The van der Waals surface area contributed by atoms with E-state index in [1.165, 1.54) is 18.4 Å². The number of hydrogen-bond acceptors (Lipinski definition) is 4. The van der Waals surface area contributed by atoms with Gasteiger partial charge >= 0.3 is 0 Å². The smallest absolute Gasteiger partial charge is 0.175 e. The third-order valence-corrected chi connectivity index (χ3v) is 3.08. The first-order valence-electron chi connectivity index (χ1n) is 6.47. The van der Waals surface area contributed by atoms with Crippen LogP contribution in [0.3, 0.4) is 0 Å². The summed E-state index contributed by atoms with van der Waals surface area (Å²) in [6.45, 7) is 1.10. The maximum Gasteiger partial charge on any atom is 0.175 e. The molecule has 5 nitrogen and oxygen atoms in total. The van der Waals surface area contributed by atoms with Crippen LogP contribution in [0.15, 0.2) is 30.7 Å². The van der Waals surface area contributed by atoms with Gasteiger partial charge in [0.2, 0.25) is 0 Å². The molecule has 0 radical (unpaired) electrons. The third-order valence-electron chi connectivity index (χ3n) is 3.08. The Morgan fingerprint density at radius 1 is 1.39 bits per heavy atom. The third kappa shape index (κ3) is 2.92. The monoisotopic (exact) mass is 243 g/mol. The van der Waals surface area contributed by atoms with Crippen LogP contribution in [0.2, 0.25) is 0 Å². The Labute approximate surface area is 106 Å². The van der Waals surface area contributed by atoms with Crippen LogP contribution in [0.25, 0.3) is 5.82 Å². The molecule has 0 unspecified atom stereocenters. The maximum atomic E-state index is 4.31. The molecule has 0 aromatic carbocycles. The molecule has 0 saturated heterocycles. The first-order chi connectivity index (χ1) is 8.92. The molecule has 5 heteroatoms. The number of rotatable bonds is 6. The van der Waals surface area contributed by atoms with E-state index >= 15 is 0 Å². The molecule has 1 aliphatic carbocycles. The lowest BCUT2D eigenvalue weighted by molar-refractivity contribution is 0.645. The Kier molecular flexibility index (Phi) is 3.32. The molecular weight excluding hydrogens is 226 g/mol. The van der Waals surface area contributed by atoms with Gasteiger partial charge in [0.25, 0.3) is 0 Å². The largest absolute Gasteiger partial charge is 0.314 e. The van der Waals surface area contributed by atoms with Crippen LogP contribution in [0.4, 0.5) is 0 Å². The van der Waals surface area contributed by atoms with Crippen LogP contribution in [0.5, 0.6) is 0 Å². The first-order valence-corrected chi connectivity index (χ1v) is 6.47. The minimum Gasteiger partial charge on any atom is -0.314 e. The molecular formula is C13H17N5. The molecule has 2 aromatic rings.